The predicted molar refractivity (Wildman–Crippen MR) is 68.3 cm³/mol. The highest BCUT2D eigenvalue weighted by molar-refractivity contribution is 7.98. The van der Waals surface area contributed by atoms with E-state index in [0.717, 1.165) is 5.16 Å². The molecular formula is C12H13N3O2S. The molecule has 2 rings (SSSR count). The summed E-state index contributed by atoms with van der Waals surface area (Å²) >= 11 is 1.53. The van der Waals surface area contributed by atoms with Gasteiger partial charge in [-0.1, -0.05) is 11.8 Å². The molecule has 6 heteroatoms. The van der Waals surface area contributed by atoms with Gasteiger partial charge >= 0.3 is 5.97 Å². The molecule has 94 valence electrons. The van der Waals surface area contributed by atoms with Gasteiger partial charge in [0.05, 0.1) is 18.4 Å². The summed E-state index contributed by atoms with van der Waals surface area (Å²) in [5, 5.41) is 0.886. The molecule has 0 N–H and O–H groups in total. The molecule has 18 heavy (non-hydrogen) atoms. The number of carbonyl (C=O) groups is 1. The SMILES string of the molecule is COC(=O)c1cccnc1CSc1nccn1C. The minimum Gasteiger partial charge on any atom is -0.465 e. The van der Waals surface area contributed by atoms with Gasteiger partial charge in [0.2, 0.25) is 0 Å². The van der Waals surface area contributed by atoms with Crippen molar-refractivity contribution in [2.24, 2.45) is 7.05 Å². The van der Waals surface area contributed by atoms with Crippen molar-refractivity contribution in [2.75, 3.05) is 7.11 Å². The first-order valence-electron chi connectivity index (χ1n) is 5.34. The number of ether oxygens (including phenoxy) is 1. The molecule has 5 nitrogen and oxygen atoms in total. The summed E-state index contributed by atoms with van der Waals surface area (Å²) in [5.41, 5.74) is 1.21. The van der Waals surface area contributed by atoms with Crippen molar-refractivity contribution in [2.45, 2.75) is 10.9 Å². The number of carbonyl (C=O) groups excluding carboxylic acids is 1. The summed E-state index contributed by atoms with van der Waals surface area (Å²) in [7, 11) is 3.29. The van der Waals surface area contributed by atoms with Crippen molar-refractivity contribution in [3.63, 3.8) is 0 Å². The number of imidazole rings is 1. The van der Waals surface area contributed by atoms with E-state index in [1.807, 2.05) is 17.8 Å². The van der Waals surface area contributed by atoms with Crippen molar-refractivity contribution >= 4 is 17.7 Å². The molecular weight excluding hydrogens is 250 g/mol. The Morgan fingerprint density at radius 2 is 2.28 bits per heavy atom. The van der Waals surface area contributed by atoms with Crippen LogP contribution in [-0.2, 0) is 17.5 Å². The molecule has 0 aliphatic carbocycles. The number of methoxy groups -OCH3 is 1. The fraction of sp³-hybridized carbons (Fsp3) is 0.250. The topological polar surface area (TPSA) is 57.0 Å². The van der Waals surface area contributed by atoms with Crippen LogP contribution in [0.15, 0.2) is 35.9 Å². The number of pyridine rings is 1. The van der Waals surface area contributed by atoms with Gasteiger partial charge in [0, 0.05) is 31.4 Å². The molecule has 0 aliphatic heterocycles. The second-order valence-electron chi connectivity index (χ2n) is 3.60. The van der Waals surface area contributed by atoms with Crippen LogP contribution in [0.3, 0.4) is 0 Å². The Labute approximate surface area is 109 Å². The number of esters is 1. The lowest BCUT2D eigenvalue weighted by Crippen LogP contribution is -2.06. The lowest BCUT2D eigenvalue weighted by atomic mass is 10.2. The number of aromatic nitrogens is 3. The molecule has 2 aromatic heterocycles. The van der Waals surface area contributed by atoms with Crippen LogP contribution in [0.25, 0.3) is 0 Å². The molecule has 0 radical (unpaired) electrons. The van der Waals surface area contributed by atoms with E-state index in [9.17, 15) is 4.79 Å². The van der Waals surface area contributed by atoms with Crippen LogP contribution in [0.5, 0.6) is 0 Å². The molecule has 0 unspecified atom stereocenters. The zero-order valence-corrected chi connectivity index (χ0v) is 11.0. The average molecular weight is 263 g/mol. The first kappa shape index (κ1) is 12.6. The van der Waals surface area contributed by atoms with Gasteiger partial charge in [-0.05, 0) is 12.1 Å². The Hall–Kier alpha value is -1.82. The Kier molecular flexibility index (Phi) is 3.99. The molecule has 0 aromatic carbocycles. The van der Waals surface area contributed by atoms with Gasteiger partial charge in [0.25, 0.3) is 0 Å². The highest BCUT2D eigenvalue weighted by Gasteiger charge is 2.13. The summed E-state index contributed by atoms with van der Waals surface area (Å²) in [6.07, 6.45) is 5.28. The highest BCUT2D eigenvalue weighted by Crippen LogP contribution is 2.21. The third-order valence-electron chi connectivity index (χ3n) is 2.41. The van der Waals surface area contributed by atoms with Crippen molar-refractivity contribution in [3.05, 3.63) is 42.0 Å². The number of nitrogens with zero attached hydrogens (tertiary/aromatic N) is 3. The van der Waals surface area contributed by atoms with E-state index in [2.05, 4.69) is 9.97 Å². The van der Waals surface area contributed by atoms with E-state index < -0.39 is 0 Å². The maximum atomic E-state index is 11.6. The zero-order valence-electron chi connectivity index (χ0n) is 10.2. The standard InChI is InChI=1S/C12H13N3O2S/c1-15-7-6-14-12(15)18-8-10-9(11(16)17-2)4-3-5-13-10/h3-7H,8H2,1-2H3. The van der Waals surface area contributed by atoms with Gasteiger partial charge in [-0.3, -0.25) is 4.98 Å². The van der Waals surface area contributed by atoms with Gasteiger partial charge in [0.1, 0.15) is 0 Å². The van der Waals surface area contributed by atoms with Gasteiger partial charge in [0.15, 0.2) is 5.16 Å². The summed E-state index contributed by atoms with van der Waals surface area (Å²) in [6.45, 7) is 0. The van der Waals surface area contributed by atoms with E-state index in [1.165, 1.54) is 18.9 Å². The summed E-state index contributed by atoms with van der Waals surface area (Å²) < 4.78 is 6.65. The van der Waals surface area contributed by atoms with Gasteiger partial charge in [-0.15, -0.1) is 0 Å². The molecule has 0 aliphatic rings. The van der Waals surface area contributed by atoms with Crippen LogP contribution < -0.4 is 0 Å². The lowest BCUT2D eigenvalue weighted by Gasteiger charge is -2.06. The Morgan fingerprint density at radius 1 is 1.44 bits per heavy atom. The fourth-order valence-electron chi connectivity index (χ4n) is 1.47. The Balaban J connectivity index is 2.14. The average Bonchev–Trinajstić information content (AvgIpc) is 2.81. The molecule has 2 heterocycles. The fourth-order valence-corrected chi connectivity index (χ4v) is 2.37. The quantitative estimate of drug-likeness (QED) is 0.623. The van der Waals surface area contributed by atoms with E-state index >= 15 is 0 Å². The number of hydrogen-bond acceptors (Lipinski definition) is 5. The second kappa shape index (κ2) is 5.68. The molecule has 0 amide bonds. The van der Waals surface area contributed by atoms with Crippen LogP contribution in [0.1, 0.15) is 16.1 Å². The smallest absolute Gasteiger partial charge is 0.339 e. The third-order valence-corrected chi connectivity index (χ3v) is 3.48. The maximum Gasteiger partial charge on any atom is 0.339 e. The van der Waals surface area contributed by atoms with Gasteiger partial charge in [-0.2, -0.15) is 0 Å². The Bertz CT molecular complexity index is 554. The molecule has 0 saturated heterocycles. The van der Waals surface area contributed by atoms with Crippen LogP contribution in [0.2, 0.25) is 0 Å². The van der Waals surface area contributed by atoms with Crippen LogP contribution >= 0.6 is 11.8 Å². The van der Waals surface area contributed by atoms with Crippen molar-refractivity contribution in [1.29, 1.82) is 0 Å². The number of rotatable bonds is 4. The van der Waals surface area contributed by atoms with Crippen molar-refractivity contribution in [1.82, 2.24) is 14.5 Å². The van der Waals surface area contributed by atoms with E-state index in [4.69, 9.17) is 4.74 Å². The van der Waals surface area contributed by atoms with Gasteiger partial charge < -0.3 is 9.30 Å². The van der Waals surface area contributed by atoms with Crippen molar-refractivity contribution < 1.29 is 9.53 Å². The number of aryl methyl sites for hydroxylation is 1. The van der Waals surface area contributed by atoms with E-state index in [0.29, 0.717) is 17.0 Å². The normalized spacial score (nSPS) is 10.3. The maximum absolute atomic E-state index is 11.6. The largest absolute Gasteiger partial charge is 0.465 e. The third kappa shape index (κ3) is 2.70. The first-order valence-corrected chi connectivity index (χ1v) is 6.33. The van der Waals surface area contributed by atoms with Crippen LogP contribution in [-0.4, -0.2) is 27.6 Å². The zero-order chi connectivity index (χ0) is 13.0. The first-order chi connectivity index (χ1) is 8.72. The molecule has 0 bridgehead atoms. The summed E-state index contributed by atoms with van der Waals surface area (Å²) in [6, 6.07) is 3.44. The second-order valence-corrected chi connectivity index (χ2v) is 4.54. The lowest BCUT2D eigenvalue weighted by molar-refractivity contribution is 0.0599. The predicted octanol–water partition coefficient (Wildman–Crippen LogP) is 1.89. The van der Waals surface area contributed by atoms with E-state index in [1.54, 1.807) is 24.5 Å². The van der Waals surface area contributed by atoms with Gasteiger partial charge in [-0.25, -0.2) is 9.78 Å². The Morgan fingerprint density at radius 3 is 2.94 bits per heavy atom. The number of thioether (sulfide) groups is 1. The molecule has 2 aromatic rings. The molecule has 0 spiro atoms. The molecule has 0 saturated carbocycles. The number of hydrogen-bond donors (Lipinski definition) is 0. The minimum atomic E-state index is -0.362. The van der Waals surface area contributed by atoms with Crippen LogP contribution in [0.4, 0.5) is 0 Å². The van der Waals surface area contributed by atoms with E-state index in [-0.39, 0.29) is 5.97 Å². The summed E-state index contributed by atoms with van der Waals surface area (Å²) in [5.74, 6) is 0.217. The highest BCUT2D eigenvalue weighted by atomic mass is 32.2. The molecule has 0 fully saturated rings. The summed E-state index contributed by atoms with van der Waals surface area (Å²) in [4.78, 5) is 20.0. The molecule has 0 atom stereocenters. The van der Waals surface area contributed by atoms with Crippen LogP contribution in [0, 0.1) is 0 Å². The minimum absolute atomic E-state index is 0.362. The van der Waals surface area contributed by atoms with Crippen molar-refractivity contribution in [3.8, 4) is 0 Å². The monoisotopic (exact) mass is 263 g/mol.